The molecule has 4 aromatic rings. The fourth-order valence-corrected chi connectivity index (χ4v) is 6.00. The Kier molecular flexibility index (Phi) is 6.73. The highest BCUT2D eigenvalue weighted by molar-refractivity contribution is 7.22. The van der Waals surface area contributed by atoms with Crippen molar-refractivity contribution in [1.82, 2.24) is 10.1 Å². The Morgan fingerprint density at radius 2 is 1.90 bits per heavy atom. The number of nitrogens with zero attached hydrogens (tertiary/aromatic N) is 3. The predicted molar refractivity (Wildman–Crippen MR) is 141 cm³/mol. The van der Waals surface area contributed by atoms with E-state index >= 15 is 0 Å². The second-order valence-corrected chi connectivity index (χ2v) is 10.9. The van der Waals surface area contributed by atoms with E-state index in [0.717, 1.165) is 31.7 Å². The molecule has 2 aromatic heterocycles. The molecule has 40 heavy (non-hydrogen) atoms. The maximum absolute atomic E-state index is 14.4. The number of para-hydroxylation sites is 1. The average Bonchev–Trinajstić information content (AvgIpc) is 3.52. The van der Waals surface area contributed by atoms with Gasteiger partial charge in [-0.15, -0.1) is 13.2 Å². The van der Waals surface area contributed by atoms with Crippen LogP contribution in [-0.2, 0) is 0 Å². The van der Waals surface area contributed by atoms with Crippen LogP contribution in [0, 0.1) is 11.7 Å². The van der Waals surface area contributed by atoms with Crippen LogP contribution in [0.2, 0.25) is 0 Å². The number of ether oxygens (including phenoxy) is 1. The molecule has 0 unspecified atom stereocenters. The molecule has 2 aromatic carbocycles. The number of carbonyl (C=O) groups is 1. The van der Waals surface area contributed by atoms with Crippen molar-refractivity contribution in [3.05, 3.63) is 65.2 Å². The highest BCUT2D eigenvalue weighted by Gasteiger charge is 2.35. The maximum atomic E-state index is 14.4. The Balaban J connectivity index is 1.20. The summed E-state index contributed by atoms with van der Waals surface area (Å²) in [5, 5.41) is 14.0. The molecule has 0 spiro atoms. The van der Waals surface area contributed by atoms with Crippen LogP contribution in [0.25, 0.3) is 27.6 Å². The third kappa shape index (κ3) is 5.40. The number of hydrogen-bond acceptors (Lipinski definition) is 7. The molecule has 6 rings (SSSR count). The van der Waals surface area contributed by atoms with Crippen LogP contribution >= 0.6 is 11.3 Å². The third-order valence-corrected chi connectivity index (χ3v) is 8.16. The summed E-state index contributed by atoms with van der Waals surface area (Å²) in [6, 6.07) is 8.31. The number of allylic oxidation sites excluding steroid dienone is 1. The second-order valence-electron chi connectivity index (χ2n) is 9.92. The number of anilines is 1. The third-order valence-electron chi connectivity index (χ3n) is 7.10. The standard InChI is InChI=1S/C28H23F4N3O4S/c29-20-13-17(26(36)37)14-22-24(20)33-27(40-22)35-11-9-15(10-12-35)5-8-19-23(34-39-25(19)16-6-7-16)18-3-1-2-4-21(18)38-28(30,31)32/h1-5,8,13-16H,6-7,9-12H2,(H,36,37)/b8-5+. The molecule has 3 heterocycles. The molecule has 12 heteroatoms. The van der Waals surface area contributed by atoms with Gasteiger partial charge in [0.25, 0.3) is 0 Å². The number of carboxylic acid groups (broad SMARTS) is 1. The quantitative estimate of drug-likeness (QED) is 0.229. The lowest BCUT2D eigenvalue weighted by Gasteiger charge is -2.30. The molecule has 7 nitrogen and oxygen atoms in total. The molecule has 208 valence electrons. The van der Waals surface area contributed by atoms with E-state index < -0.39 is 18.1 Å². The summed E-state index contributed by atoms with van der Waals surface area (Å²) in [6.07, 6.45) is 2.53. The predicted octanol–water partition coefficient (Wildman–Crippen LogP) is 7.49. The van der Waals surface area contributed by atoms with Gasteiger partial charge in [-0.25, -0.2) is 14.2 Å². The molecule has 1 aliphatic carbocycles. The lowest BCUT2D eigenvalue weighted by atomic mass is 9.94. The van der Waals surface area contributed by atoms with Crippen molar-refractivity contribution in [3.63, 3.8) is 0 Å². The van der Waals surface area contributed by atoms with Gasteiger partial charge in [0, 0.05) is 30.1 Å². The van der Waals surface area contributed by atoms with Crippen LogP contribution in [0.3, 0.4) is 0 Å². The van der Waals surface area contributed by atoms with Crippen LogP contribution in [0.1, 0.15) is 53.3 Å². The number of aromatic carboxylic acids is 1. The van der Waals surface area contributed by atoms with Crippen LogP contribution in [-0.4, -0.2) is 40.7 Å². The summed E-state index contributed by atoms with van der Waals surface area (Å²) < 4.78 is 63.8. The lowest BCUT2D eigenvalue weighted by molar-refractivity contribution is -0.274. The summed E-state index contributed by atoms with van der Waals surface area (Å²) in [5.74, 6) is -1.13. The van der Waals surface area contributed by atoms with Crippen molar-refractivity contribution < 1.29 is 36.7 Å². The Labute approximate surface area is 229 Å². The van der Waals surface area contributed by atoms with Crippen molar-refractivity contribution in [3.8, 4) is 17.0 Å². The number of hydrogen-bond donors (Lipinski definition) is 1. The molecule has 0 radical (unpaired) electrons. The number of benzene rings is 2. The van der Waals surface area contributed by atoms with Crippen LogP contribution in [0.15, 0.2) is 47.0 Å². The Bertz CT molecular complexity index is 1600. The van der Waals surface area contributed by atoms with Gasteiger partial charge in [0.15, 0.2) is 10.9 Å². The molecular weight excluding hydrogens is 550 g/mol. The van der Waals surface area contributed by atoms with Crippen molar-refractivity contribution in [2.45, 2.75) is 38.0 Å². The van der Waals surface area contributed by atoms with Gasteiger partial charge in [0.05, 0.1) is 10.3 Å². The average molecular weight is 574 g/mol. The summed E-state index contributed by atoms with van der Waals surface area (Å²) in [5.41, 5.74) is 1.23. The van der Waals surface area contributed by atoms with Gasteiger partial charge in [-0.05, 0) is 55.9 Å². The van der Waals surface area contributed by atoms with Gasteiger partial charge in [0.2, 0.25) is 0 Å². The molecule has 0 amide bonds. The number of aromatic nitrogens is 2. The molecule has 1 aliphatic heterocycles. The topological polar surface area (TPSA) is 88.7 Å². The number of thiazole rings is 1. The van der Waals surface area contributed by atoms with E-state index in [9.17, 15) is 27.5 Å². The first-order valence-corrected chi connectivity index (χ1v) is 13.6. The van der Waals surface area contributed by atoms with E-state index in [0.29, 0.717) is 39.9 Å². The summed E-state index contributed by atoms with van der Waals surface area (Å²) in [7, 11) is 0. The maximum Gasteiger partial charge on any atom is 0.573 e. The highest BCUT2D eigenvalue weighted by Crippen LogP contribution is 2.46. The van der Waals surface area contributed by atoms with Gasteiger partial charge >= 0.3 is 12.3 Å². The van der Waals surface area contributed by atoms with E-state index in [1.807, 2.05) is 12.2 Å². The first kappa shape index (κ1) is 26.3. The van der Waals surface area contributed by atoms with Crippen LogP contribution in [0.4, 0.5) is 22.7 Å². The lowest BCUT2D eigenvalue weighted by Crippen LogP contribution is -2.32. The zero-order valence-corrected chi connectivity index (χ0v) is 21.8. The first-order valence-electron chi connectivity index (χ1n) is 12.8. The Morgan fingerprint density at radius 1 is 1.15 bits per heavy atom. The van der Waals surface area contributed by atoms with Crippen LogP contribution in [0.5, 0.6) is 5.75 Å². The monoisotopic (exact) mass is 573 g/mol. The van der Waals surface area contributed by atoms with Crippen molar-refractivity contribution >= 4 is 38.7 Å². The van der Waals surface area contributed by atoms with Gasteiger partial charge < -0.3 is 19.3 Å². The van der Waals surface area contributed by atoms with E-state index in [-0.39, 0.29) is 34.2 Å². The minimum atomic E-state index is -4.84. The number of halogens is 4. The van der Waals surface area contributed by atoms with E-state index in [1.54, 1.807) is 6.07 Å². The van der Waals surface area contributed by atoms with Crippen molar-refractivity contribution in [1.29, 1.82) is 0 Å². The molecule has 0 bridgehead atoms. The zero-order chi connectivity index (χ0) is 28.0. The number of piperidine rings is 1. The molecule has 1 N–H and O–H groups in total. The van der Waals surface area contributed by atoms with Gasteiger partial charge in [-0.3, -0.25) is 0 Å². The molecule has 0 atom stereocenters. The first-order chi connectivity index (χ1) is 19.2. The smallest absolute Gasteiger partial charge is 0.478 e. The number of rotatable bonds is 7. The number of carboxylic acids is 1. The zero-order valence-electron chi connectivity index (χ0n) is 20.9. The van der Waals surface area contributed by atoms with E-state index in [2.05, 4.69) is 19.8 Å². The molecule has 1 saturated heterocycles. The minimum Gasteiger partial charge on any atom is -0.478 e. The molecule has 2 aliphatic rings. The van der Waals surface area contributed by atoms with E-state index in [4.69, 9.17) is 4.52 Å². The fourth-order valence-electron chi connectivity index (χ4n) is 4.93. The summed E-state index contributed by atoms with van der Waals surface area (Å²) in [6.45, 7) is 1.33. The number of alkyl halides is 3. The number of fused-ring (bicyclic) bond motifs is 1. The second kappa shape index (κ2) is 10.2. The molecular formula is C28H23F4N3O4S. The highest BCUT2D eigenvalue weighted by atomic mass is 32.1. The van der Waals surface area contributed by atoms with E-state index in [1.165, 1.54) is 35.6 Å². The largest absolute Gasteiger partial charge is 0.573 e. The molecule has 2 fully saturated rings. The summed E-state index contributed by atoms with van der Waals surface area (Å²) in [4.78, 5) is 17.7. The fraction of sp³-hybridized carbons (Fsp3) is 0.321. The Morgan fingerprint density at radius 3 is 2.60 bits per heavy atom. The normalized spacial score (nSPS) is 16.8. The summed E-state index contributed by atoms with van der Waals surface area (Å²) >= 11 is 1.26. The van der Waals surface area contributed by atoms with Crippen molar-refractivity contribution in [2.75, 3.05) is 18.0 Å². The molecule has 1 saturated carbocycles. The van der Waals surface area contributed by atoms with Gasteiger partial charge in [-0.2, -0.15) is 0 Å². The van der Waals surface area contributed by atoms with Crippen LogP contribution < -0.4 is 9.64 Å². The van der Waals surface area contributed by atoms with Gasteiger partial charge in [-0.1, -0.05) is 40.8 Å². The van der Waals surface area contributed by atoms with Gasteiger partial charge in [0.1, 0.15) is 22.7 Å². The minimum absolute atomic E-state index is 0.115. The SMILES string of the molecule is O=C(O)c1cc(F)c2nc(N3CCC(/C=C/c4c(-c5ccccc5OC(F)(F)F)noc4C4CC4)CC3)sc2c1. The Hall–Kier alpha value is -3.93. The van der Waals surface area contributed by atoms with Crippen molar-refractivity contribution in [2.24, 2.45) is 5.92 Å².